The van der Waals surface area contributed by atoms with E-state index in [0.29, 0.717) is 19.8 Å². The molecule has 0 radical (unpaired) electrons. The van der Waals surface area contributed by atoms with Crippen molar-refractivity contribution in [2.75, 3.05) is 26.3 Å². The van der Waals surface area contributed by atoms with Gasteiger partial charge in [-0.05, 0) is 30.5 Å². The first-order valence-electron chi connectivity index (χ1n) is 8.05. The maximum absolute atomic E-state index is 12.3. The molecule has 2 N–H and O–H groups in total. The molecule has 1 aliphatic heterocycles. The second kappa shape index (κ2) is 8.47. The molecule has 1 heterocycles. The standard InChI is InChI=1S/C17H23BrN2O2.ClH/c18-14-5-3-13(4-6-14)17(7-1-2-8-17)12-20-16(21)15-11-22-10-9-19-15;/h3-6,15,19H,1-2,7-12H2,(H,20,21);1H. The van der Waals surface area contributed by atoms with E-state index in [2.05, 4.69) is 50.8 Å². The Morgan fingerprint density at radius 1 is 1.30 bits per heavy atom. The third-order valence-electron chi connectivity index (χ3n) is 4.86. The van der Waals surface area contributed by atoms with Crippen LogP contribution in [0.5, 0.6) is 0 Å². The van der Waals surface area contributed by atoms with Gasteiger partial charge in [0.05, 0.1) is 13.2 Å². The predicted molar refractivity (Wildman–Crippen MR) is 97.2 cm³/mol. The number of benzene rings is 1. The smallest absolute Gasteiger partial charge is 0.239 e. The van der Waals surface area contributed by atoms with Crippen LogP contribution in [0.1, 0.15) is 31.2 Å². The Morgan fingerprint density at radius 2 is 2.00 bits per heavy atom. The van der Waals surface area contributed by atoms with E-state index in [9.17, 15) is 4.79 Å². The van der Waals surface area contributed by atoms with E-state index in [4.69, 9.17) is 4.74 Å². The molecule has 1 atom stereocenters. The van der Waals surface area contributed by atoms with Gasteiger partial charge >= 0.3 is 0 Å². The van der Waals surface area contributed by atoms with Gasteiger partial charge in [0.15, 0.2) is 0 Å². The highest BCUT2D eigenvalue weighted by atomic mass is 79.9. The van der Waals surface area contributed by atoms with Crippen LogP contribution in [0.25, 0.3) is 0 Å². The Kier molecular flexibility index (Phi) is 6.89. The molecule has 1 saturated carbocycles. The molecule has 2 fully saturated rings. The number of morpholine rings is 1. The Morgan fingerprint density at radius 3 is 2.61 bits per heavy atom. The first-order valence-corrected chi connectivity index (χ1v) is 8.84. The largest absolute Gasteiger partial charge is 0.378 e. The number of hydrogen-bond acceptors (Lipinski definition) is 3. The van der Waals surface area contributed by atoms with E-state index in [1.165, 1.54) is 18.4 Å². The summed E-state index contributed by atoms with van der Waals surface area (Å²) in [6.45, 7) is 2.62. The molecule has 0 aromatic heterocycles. The third-order valence-corrected chi connectivity index (χ3v) is 5.39. The highest BCUT2D eigenvalue weighted by molar-refractivity contribution is 9.10. The second-order valence-corrected chi connectivity index (χ2v) is 7.21. The van der Waals surface area contributed by atoms with Gasteiger partial charge in [0, 0.05) is 23.0 Å². The number of amides is 1. The Labute approximate surface area is 152 Å². The van der Waals surface area contributed by atoms with Gasteiger partial charge in [-0.1, -0.05) is 40.9 Å². The fourth-order valence-corrected chi connectivity index (χ4v) is 3.80. The van der Waals surface area contributed by atoms with Gasteiger partial charge in [-0.25, -0.2) is 0 Å². The summed E-state index contributed by atoms with van der Waals surface area (Å²) >= 11 is 3.49. The monoisotopic (exact) mass is 402 g/mol. The van der Waals surface area contributed by atoms with Gasteiger partial charge in [0.25, 0.3) is 0 Å². The zero-order valence-corrected chi connectivity index (χ0v) is 15.5. The van der Waals surface area contributed by atoms with Crippen molar-refractivity contribution in [3.8, 4) is 0 Å². The molecule has 2 aliphatic rings. The summed E-state index contributed by atoms with van der Waals surface area (Å²) in [5.74, 6) is 0.0584. The Bertz CT molecular complexity index is 512. The average molecular weight is 404 g/mol. The van der Waals surface area contributed by atoms with Gasteiger partial charge in [0.2, 0.25) is 5.91 Å². The number of hydrogen-bond donors (Lipinski definition) is 2. The van der Waals surface area contributed by atoms with Gasteiger partial charge in [-0.2, -0.15) is 0 Å². The van der Waals surface area contributed by atoms with Crippen LogP contribution in [0.2, 0.25) is 0 Å². The van der Waals surface area contributed by atoms with Crippen molar-refractivity contribution in [2.45, 2.75) is 37.1 Å². The van der Waals surface area contributed by atoms with Crippen molar-refractivity contribution in [2.24, 2.45) is 0 Å². The highest BCUT2D eigenvalue weighted by Crippen LogP contribution is 2.40. The van der Waals surface area contributed by atoms with E-state index in [1.54, 1.807) is 0 Å². The summed E-state index contributed by atoms with van der Waals surface area (Å²) in [7, 11) is 0. The zero-order valence-electron chi connectivity index (χ0n) is 13.1. The van der Waals surface area contributed by atoms with Crippen molar-refractivity contribution < 1.29 is 9.53 Å². The van der Waals surface area contributed by atoms with E-state index >= 15 is 0 Å². The molecule has 1 unspecified atom stereocenters. The molecular formula is C17H24BrClN2O2. The molecule has 0 bridgehead atoms. The van der Waals surface area contributed by atoms with Crippen molar-refractivity contribution in [3.63, 3.8) is 0 Å². The predicted octanol–water partition coefficient (Wildman–Crippen LogP) is 2.79. The SMILES string of the molecule is Cl.O=C(NCC1(c2ccc(Br)cc2)CCCC1)C1COCCN1. The molecule has 1 aromatic rings. The Hall–Kier alpha value is -0.620. The summed E-state index contributed by atoms with van der Waals surface area (Å²) in [5, 5.41) is 6.37. The summed E-state index contributed by atoms with van der Waals surface area (Å²) in [6.07, 6.45) is 4.75. The lowest BCUT2D eigenvalue weighted by Crippen LogP contribution is -2.53. The molecule has 0 spiro atoms. The van der Waals surface area contributed by atoms with Gasteiger partial charge in [-0.3, -0.25) is 4.79 Å². The molecule has 1 aromatic carbocycles. The quantitative estimate of drug-likeness (QED) is 0.813. The molecule has 23 heavy (non-hydrogen) atoms. The zero-order chi connectivity index (χ0) is 15.4. The molecule has 1 aliphatic carbocycles. The number of rotatable bonds is 4. The van der Waals surface area contributed by atoms with Crippen LogP contribution >= 0.6 is 28.3 Å². The fraction of sp³-hybridized carbons (Fsp3) is 0.588. The van der Waals surface area contributed by atoms with E-state index in [-0.39, 0.29) is 29.8 Å². The van der Waals surface area contributed by atoms with Crippen molar-refractivity contribution in [3.05, 3.63) is 34.3 Å². The first kappa shape index (κ1) is 18.7. The first-order chi connectivity index (χ1) is 10.7. The van der Waals surface area contributed by atoms with Crippen molar-refractivity contribution in [1.82, 2.24) is 10.6 Å². The van der Waals surface area contributed by atoms with Crippen LogP contribution in [0.15, 0.2) is 28.7 Å². The van der Waals surface area contributed by atoms with Crippen LogP contribution in [-0.4, -0.2) is 38.3 Å². The molecule has 1 amide bonds. The summed E-state index contributed by atoms with van der Waals surface area (Å²) < 4.78 is 6.46. The molecule has 128 valence electrons. The van der Waals surface area contributed by atoms with Gasteiger partial charge < -0.3 is 15.4 Å². The number of halogens is 2. The van der Waals surface area contributed by atoms with Gasteiger partial charge in [-0.15, -0.1) is 12.4 Å². The second-order valence-electron chi connectivity index (χ2n) is 6.29. The molecule has 6 heteroatoms. The maximum Gasteiger partial charge on any atom is 0.239 e. The normalized spacial score (nSPS) is 23.1. The third kappa shape index (κ3) is 4.47. The fourth-order valence-electron chi connectivity index (χ4n) is 3.54. The maximum atomic E-state index is 12.3. The minimum Gasteiger partial charge on any atom is -0.378 e. The van der Waals surface area contributed by atoms with Crippen LogP contribution in [0, 0.1) is 0 Å². The summed E-state index contributed by atoms with van der Waals surface area (Å²) in [5.41, 5.74) is 1.42. The number of carbonyl (C=O) groups is 1. The summed E-state index contributed by atoms with van der Waals surface area (Å²) in [4.78, 5) is 12.3. The molecular weight excluding hydrogens is 380 g/mol. The molecule has 3 rings (SSSR count). The number of ether oxygens (including phenoxy) is 1. The van der Waals surface area contributed by atoms with Gasteiger partial charge in [0.1, 0.15) is 6.04 Å². The van der Waals surface area contributed by atoms with E-state index < -0.39 is 0 Å². The highest BCUT2D eigenvalue weighted by Gasteiger charge is 2.36. The summed E-state index contributed by atoms with van der Waals surface area (Å²) in [6, 6.07) is 8.34. The lowest BCUT2D eigenvalue weighted by atomic mass is 9.79. The topological polar surface area (TPSA) is 50.4 Å². The number of carbonyl (C=O) groups excluding carboxylic acids is 1. The van der Waals surface area contributed by atoms with Crippen molar-refractivity contribution in [1.29, 1.82) is 0 Å². The molecule has 4 nitrogen and oxygen atoms in total. The van der Waals surface area contributed by atoms with E-state index in [1.807, 2.05) is 0 Å². The lowest BCUT2D eigenvalue weighted by molar-refractivity contribution is -0.126. The lowest BCUT2D eigenvalue weighted by Gasteiger charge is -2.31. The van der Waals surface area contributed by atoms with E-state index in [0.717, 1.165) is 23.9 Å². The molecule has 1 saturated heterocycles. The van der Waals surface area contributed by atoms with Crippen LogP contribution in [0.4, 0.5) is 0 Å². The minimum absolute atomic E-state index is 0. The van der Waals surface area contributed by atoms with Crippen LogP contribution in [0.3, 0.4) is 0 Å². The Balaban J connectivity index is 0.00000192. The van der Waals surface area contributed by atoms with Crippen LogP contribution in [-0.2, 0) is 14.9 Å². The number of nitrogens with one attached hydrogen (secondary N) is 2. The average Bonchev–Trinajstić information content (AvgIpc) is 3.04. The van der Waals surface area contributed by atoms with Crippen LogP contribution < -0.4 is 10.6 Å². The minimum atomic E-state index is -0.211. The van der Waals surface area contributed by atoms with Crippen molar-refractivity contribution >= 4 is 34.2 Å².